The number of nitrogens with zero attached hydrogens (tertiary/aromatic N) is 1. The molecule has 0 radical (unpaired) electrons. The second-order valence-corrected chi connectivity index (χ2v) is 7.62. The van der Waals surface area contributed by atoms with Crippen LogP contribution in [0.4, 0.5) is 0 Å². The van der Waals surface area contributed by atoms with Gasteiger partial charge in [0.05, 0.1) is 6.61 Å². The third kappa shape index (κ3) is 2.81. The number of aromatic carboxylic acids is 1. The molecule has 0 atom stereocenters. The van der Waals surface area contributed by atoms with Crippen LogP contribution in [0, 0.1) is 6.92 Å². The highest BCUT2D eigenvalue weighted by atomic mass is 32.2. The molecule has 0 unspecified atom stereocenters. The molecule has 1 fully saturated rings. The van der Waals surface area contributed by atoms with Crippen molar-refractivity contribution in [3.8, 4) is 0 Å². The normalized spacial score (nSPS) is 15.9. The molecule has 0 amide bonds. The summed E-state index contributed by atoms with van der Waals surface area (Å²) < 4.78 is 26.1. The molecular weight excluding hydrogens is 290 g/mol. The molecule has 1 heterocycles. The zero-order chi connectivity index (χ0) is 14.2. The van der Waals surface area contributed by atoms with Crippen molar-refractivity contribution >= 4 is 27.3 Å². The van der Waals surface area contributed by atoms with Gasteiger partial charge < -0.3 is 10.2 Å². The fourth-order valence-electron chi connectivity index (χ4n) is 1.87. The van der Waals surface area contributed by atoms with Gasteiger partial charge in [-0.1, -0.05) is 0 Å². The van der Waals surface area contributed by atoms with Crippen molar-refractivity contribution in [3.63, 3.8) is 0 Å². The number of sulfonamides is 1. The van der Waals surface area contributed by atoms with Crippen molar-refractivity contribution in [2.45, 2.75) is 30.0 Å². The summed E-state index contributed by atoms with van der Waals surface area (Å²) in [6.45, 7) is 1.38. The van der Waals surface area contributed by atoms with Crippen molar-refractivity contribution in [1.29, 1.82) is 0 Å². The smallest absolute Gasteiger partial charge is 0.346 e. The Kier molecular flexibility index (Phi) is 3.95. The quantitative estimate of drug-likeness (QED) is 0.814. The summed E-state index contributed by atoms with van der Waals surface area (Å²) in [5.74, 6) is -1.12. The van der Waals surface area contributed by atoms with Crippen molar-refractivity contribution in [3.05, 3.63) is 16.5 Å². The third-order valence-electron chi connectivity index (χ3n) is 2.93. The van der Waals surface area contributed by atoms with Crippen LogP contribution in [0.5, 0.6) is 0 Å². The van der Waals surface area contributed by atoms with Crippen molar-refractivity contribution < 1.29 is 23.4 Å². The largest absolute Gasteiger partial charge is 0.477 e. The number of carboxylic acids is 1. The molecule has 1 saturated carbocycles. The summed E-state index contributed by atoms with van der Waals surface area (Å²) in [5, 5.41) is 17.9. The first-order chi connectivity index (χ1) is 8.87. The van der Waals surface area contributed by atoms with Gasteiger partial charge in [-0.2, -0.15) is 4.31 Å². The van der Waals surface area contributed by atoms with Gasteiger partial charge in [-0.15, -0.1) is 11.3 Å². The number of rotatable bonds is 6. The van der Waals surface area contributed by atoms with Crippen LogP contribution in [-0.2, 0) is 10.0 Å². The molecule has 106 valence electrons. The van der Waals surface area contributed by atoms with E-state index in [0.717, 1.165) is 24.2 Å². The second kappa shape index (κ2) is 5.20. The summed E-state index contributed by atoms with van der Waals surface area (Å²) in [7, 11) is -3.71. The number of carbonyl (C=O) groups is 1. The van der Waals surface area contributed by atoms with Crippen molar-refractivity contribution in [2.75, 3.05) is 13.2 Å². The summed E-state index contributed by atoms with van der Waals surface area (Å²) in [5.41, 5.74) is 0.441. The van der Waals surface area contributed by atoms with Crippen molar-refractivity contribution in [2.24, 2.45) is 0 Å². The standard InChI is InChI=1S/C11H15NO5S2/c1-7-6-9(18-10(7)11(14)15)19(16,17)12(4-5-13)8-2-3-8/h6,8,13H,2-5H2,1H3,(H,14,15). The molecule has 2 rings (SSSR count). The first kappa shape index (κ1) is 14.4. The van der Waals surface area contributed by atoms with Gasteiger partial charge in [-0.05, 0) is 31.4 Å². The Hall–Kier alpha value is -0.960. The Bertz CT molecular complexity index is 588. The molecule has 19 heavy (non-hydrogen) atoms. The number of aryl methyl sites for hydroxylation is 1. The number of carboxylic acid groups (broad SMARTS) is 1. The molecule has 1 aliphatic rings. The highest BCUT2D eigenvalue weighted by Crippen LogP contribution is 2.35. The van der Waals surface area contributed by atoms with Gasteiger partial charge in [-0.3, -0.25) is 0 Å². The van der Waals surface area contributed by atoms with Gasteiger partial charge in [0.2, 0.25) is 0 Å². The van der Waals surface area contributed by atoms with Gasteiger partial charge in [0.15, 0.2) is 0 Å². The molecule has 1 aliphatic carbocycles. The Morgan fingerprint density at radius 1 is 1.53 bits per heavy atom. The fourth-order valence-corrected chi connectivity index (χ4v) is 5.05. The van der Waals surface area contributed by atoms with E-state index in [1.54, 1.807) is 6.92 Å². The molecule has 0 spiro atoms. The molecule has 1 aromatic rings. The molecule has 1 aromatic heterocycles. The lowest BCUT2D eigenvalue weighted by Crippen LogP contribution is -2.35. The summed E-state index contributed by atoms with van der Waals surface area (Å²) in [6.07, 6.45) is 1.57. The van der Waals surface area contributed by atoms with E-state index in [2.05, 4.69) is 0 Å². The number of thiophene rings is 1. The van der Waals surface area contributed by atoms with E-state index in [-0.39, 0.29) is 28.3 Å². The Morgan fingerprint density at radius 3 is 2.58 bits per heavy atom. The number of aliphatic hydroxyl groups excluding tert-OH is 1. The molecule has 0 bridgehead atoms. The number of aliphatic hydroxyl groups is 1. The van der Waals surface area contributed by atoms with E-state index in [1.165, 1.54) is 10.4 Å². The van der Waals surface area contributed by atoms with E-state index in [0.29, 0.717) is 5.56 Å². The zero-order valence-corrected chi connectivity index (χ0v) is 12.0. The maximum Gasteiger partial charge on any atom is 0.346 e. The monoisotopic (exact) mass is 305 g/mol. The molecule has 6 nitrogen and oxygen atoms in total. The highest BCUT2D eigenvalue weighted by molar-refractivity contribution is 7.91. The van der Waals surface area contributed by atoms with Crippen LogP contribution >= 0.6 is 11.3 Å². The van der Waals surface area contributed by atoms with Gasteiger partial charge in [-0.25, -0.2) is 13.2 Å². The Labute approximate surface area is 115 Å². The minimum atomic E-state index is -3.71. The van der Waals surface area contributed by atoms with Gasteiger partial charge in [0.1, 0.15) is 9.09 Å². The van der Waals surface area contributed by atoms with Crippen LogP contribution in [-0.4, -0.2) is 48.1 Å². The minimum Gasteiger partial charge on any atom is -0.477 e. The van der Waals surface area contributed by atoms with Crippen LogP contribution in [0.1, 0.15) is 28.1 Å². The van der Waals surface area contributed by atoms with E-state index < -0.39 is 16.0 Å². The van der Waals surface area contributed by atoms with Crippen LogP contribution in [0.2, 0.25) is 0 Å². The molecule has 0 saturated heterocycles. The molecule has 2 N–H and O–H groups in total. The second-order valence-electron chi connectivity index (χ2n) is 4.45. The predicted molar refractivity (Wildman–Crippen MR) is 70.0 cm³/mol. The Balaban J connectivity index is 2.37. The SMILES string of the molecule is Cc1cc(S(=O)(=O)N(CCO)C2CC2)sc1C(=O)O. The van der Waals surface area contributed by atoms with Crippen LogP contribution < -0.4 is 0 Å². The van der Waals surface area contributed by atoms with E-state index in [1.807, 2.05) is 0 Å². The van der Waals surface area contributed by atoms with E-state index in [9.17, 15) is 13.2 Å². The molecule has 8 heteroatoms. The summed E-state index contributed by atoms with van der Waals surface area (Å²) in [6, 6.07) is 1.32. The summed E-state index contributed by atoms with van der Waals surface area (Å²) >= 11 is 0.763. The lowest BCUT2D eigenvalue weighted by atomic mass is 10.3. The first-order valence-corrected chi connectivity index (χ1v) is 8.10. The summed E-state index contributed by atoms with van der Waals surface area (Å²) in [4.78, 5) is 11.0. The number of hydrogen-bond acceptors (Lipinski definition) is 5. The molecular formula is C11H15NO5S2. The van der Waals surface area contributed by atoms with E-state index >= 15 is 0 Å². The zero-order valence-electron chi connectivity index (χ0n) is 10.4. The van der Waals surface area contributed by atoms with Gasteiger partial charge >= 0.3 is 5.97 Å². The topological polar surface area (TPSA) is 94.9 Å². The number of hydrogen-bond donors (Lipinski definition) is 2. The highest BCUT2D eigenvalue weighted by Gasteiger charge is 2.38. The Morgan fingerprint density at radius 2 is 2.16 bits per heavy atom. The average molecular weight is 305 g/mol. The van der Waals surface area contributed by atoms with Gasteiger partial charge in [0, 0.05) is 12.6 Å². The minimum absolute atomic E-state index is 0.0303. The first-order valence-electron chi connectivity index (χ1n) is 5.84. The lowest BCUT2D eigenvalue weighted by Gasteiger charge is -2.19. The van der Waals surface area contributed by atoms with Crippen LogP contribution in [0.15, 0.2) is 10.3 Å². The predicted octanol–water partition coefficient (Wildman–Crippen LogP) is 0.900. The maximum atomic E-state index is 12.4. The third-order valence-corrected chi connectivity index (χ3v) is 6.55. The molecule has 0 aromatic carbocycles. The van der Waals surface area contributed by atoms with Crippen LogP contribution in [0.3, 0.4) is 0 Å². The lowest BCUT2D eigenvalue weighted by molar-refractivity contribution is 0.0701. The average Bonchev–Trinajstić information content (AvgIpc) is 3.07. The maximum absolute atomic E-state index is 12.4. The molecule has 0 aliphatic heterocycles. The van der Waals surface area contributed by atoms with Gasteiger partial charge in [0.25, 0.3) is 10.0 Å². The fraction of sp³-hybridized carbons (Fsp3) is 0.545. The van der Waals surface area contributed by atoms with E-state index in [4.69, 9.17) is 10.2 Å². The van der Waals surface area contributed by atoms with Crippen LogP contribution in [0.25, 0.3) is 0 Å². The van der Waals surface area contributed by atoms with Crippen molar-refractivity contribution in [1.82, 2.24) is 4.31 Å².